The van der Waals surface area contributed by atoms with Crippen LogP contribution in [0.1, 0.15) is 5.56 Å². The number of aromatic nitrogens is 2. The van der Waals surface area contributed by atoms with Crippen molar-refractivity contribution >= 4 is 28.8 Å². The number of ether oxygens (including phenoxy) is 2. The molecule has 0 saturated carbocycles. The van der Waals surface area contributed by atoms with Crippen molar-refractivity contribution in [2.45, 2.75) is 6.18 Å². The number of hydrogen-bond acceptors (Lipinski definition) is 7. The van der Waals surface area contributed by atoms with Crippen LogP contribution in [-0.4, -0.2) is 22.0 Å². The van der Waals surface area contributed by atoms with Crippen molar-refractivity contribution in [3.63, 3.8) is 0 Å². The van der Waals surface area contributed by atoms with Gasteiger partial charge in [-0.2, -0.15) is 18.2 Å². The van der Waals surface area contributed by atoms with Gasteiger partial charge in [0, 0.05) is 0 Å². The quantitative estimate of drug-likeness (QED) is 0.393. The van der Waals surface area contributed by atoms with Gasteiger partial charge in [0.15, 0.2) is 0 Å². The molecule has 0 fully saturated rings. The molecular formula is C18H12ClF3N4O4. The number of benzene rings is 2. The average molecular weight is 441 g/mol. The summed E-state index contributed by atoms with van der Waals surface area (Å²) in [4.78, 5) is 18.3. The fourth-order valence-electron chi connectivity index (χ4n) is 2.37. The van der Waals surface area contributed by atoms with Crippen molar-refractivity contribution in [1.82, 2.24) is 9.97 Å². The molecular weight excluding hydrogens is 429 g/mol. The zero-order valence-corrected chi connectivity index (χ0v) is 15.9. The van der Waals surface area contributed by atoms with Gasteiger partial charge < -0.3 is 14.8 Å². The van der Waals surface area contributed by atoms with Crippen LogP contribution in [0, 0.1) is 10.1 Å². The van der Waals surface area contributed by atoms with Crippen LogP contribution in [0.5, 0.6) is 17.4 Å². The Morgan fingerprint density at radius 1 is 1.10 bits per heavy atom. The molecule has 0 radical (unpaired) electrons. The number of anilines is 2. The van der Waals surface area contributed by atoms with Crippen LogP contribution in [0.15, 0.2) is 48.8 Å². The van der Waals surface area contributed by atoms with E-state index in [4.69, 9.17) is 21.1 Å². The molecule has 0 saturated heterocycles. The monoisotopic (exact) mass is 440 g/mol. The number of hydrogen-bond donors (Lipinski definition) is 1. The van der Waals surface area contributed by atoms with Crippen LogP contribution >= 0.6 is 11.6 Å². The summed E-state index contributed by atoms with van der Waals surface area (Å²) in [6.45, 7) is 0. The number of alkyl halides is 3. The lowest BCUT2D eigenvalue weighted by Gasteiger charge is -2.13. The van der Waals surface area contributed by atoms with Gasteiger partial charge in [0.25, 0.3) is 0 Å². The highest BCUT2D eigenvalue weighted by Gasteiger charge is 2.32. The summed E-state index contributed by atoms with van der Waals surface area (Å²) in [6, 6.07) is 8.68. The van der Waals surface area contributed by atoms with Gasteiger partial charge in [0.1, 0.15) is 17.8 Å². The van der Waals surface area contributed by atoms with E-state index in [0.717, 1.165) is 24.5 Å². The van der Waals surface area contributed by atoms with Gasteiger partial charge in [0.2, 0.25) is 5.82 Å². The SMILES string of the molecule is COc1ccc(Oc2ncnc(Nc3cc(C(F)(F)F)ccc3Cl)c2[N+](=O)[O-])cc1. The topological polar surface area (TPSA) is 99.4 Å². The zero-order valence-electron chi connectivity index (χ0n) is 15.1. The van der Waals surface area contributed by atoms with Gasteiger partial charge in [-0.15, -0.1) is 0 Å². The second kappa shape index (κ2) is 8.41. The van der Waals surface area contributed by atoms with Crippen molar-refractivity contribution in [3.05, 3.63) is 69.5 Å². The minimum Gasteiger partial charge on any atom is -0.497 e. The van der Waals surface area contributed by atoms with E-state index in [0.29, 0.717) is 5.75 Å². The number of rotatable bonds is 6. The minimum atomic E-state index is -4.62. The van der Waals surface area contributed by atoms with Crippen LogP contribution in [0.2, 0.25) is 5.02 Å². The Kier molecular flexibility index (Phi) is 5.92. The molecule has 3 aromatic rings. The smallest absolute Gasteiger partial charge is 0.416 e. The lowest BCUT2D eigenvalue weighted by atomic mass is 10.2. The van der Waals surface area contributed by atoms with Crippen LogP contribution in [0.4, 0.5) is 30.4 Å². The van der Waals surface area contributed by atoms with Gasteiger partial charge in [-0.1, -0.05) is 11.6 Å². The Morgan fingerprint density at radius 3 is 2.37 bits per heavy atom. The molecule has 0 aliphatic heterocycles. The summed E-state index contributed by atoms with van der Waals surface area (Å²) in [5, 5.41) is 14.0. The highest BCUT2D eigenvalue weighted by molar-refractivity contribution is 6.33. The van der Waals surface area contributed by atoms with E-state index >= 15 is 0 Å². The normalized spacial score (nSPS) is 11.1. The second-order valence-corrected chi connectivity index (χ2v) is 6.14. The molecule has 1 aromatic heterocycles. The van der Waals surface area contributed by atoms with Crippen LogP contribution in [0.25, 0.3) is 0 Å². The van der Waals surface area contributed by atoms with Gasteiger partial charge in [-0.3, -0.25) is 10.1 Å². The molecule has 0 amide bonds. The molecule has 1 heterocycles. The van der Waals surface area contributed by atoms with Crippen molar-refractivity contribution < 1.29 is 27.6 Å². The Bertz CT molecular complexity index is 1080. The van der Waals surface area contributed by atoms with Crippen molar-refractivity contribution in [3.8, 4) is 17.4 Å². The Hall–Kier alpha value is -3.60. The summed E-state index contributed by atoms with van der Waals surface area (Å²) in [5.74, 6) is -0.0350. The van der Waals surface area contributed by atoms with E-state index in [1.54, 1.807) is 12.1 Å². The molecule has 0 bridgehead atoms. The highest BCUT2D eigenvalue weighted by atomic mass is 35.5. The molecule has 0 unspecified atom stereocenters. The molecule has 8 nitrogen and oxygen atoms in total. The van der Waals surface area contributed by atoms with Crippen LogP contribution < -0.4 is 14.8 Å². The third-order valence-corrected chi connectivity index (χ3v) is 4.12. The number of methoxy groups -OCH3 is 1. The van der Waals surface area contributed by atoms with E-state index in [1.807, 2.05) is 0 Å². The first kappa shape index (κ1) is 21.1. The van der Waals surface area contributed by atoms with Gasteiger partial charge >= 0.3 is 17.7 Å². The lowest BCUT2D eigenvalue weighted by Crippen LogP contribution is -2.07. The van der Waals surface area contributed by atoms with Crippen molar-refractivity contribution in [1.29, 1.82) is 0 Å². The molecule has 30 heavy (non-hydrogen) atoms. The largest absolute Gasteiger partial charge is 0.497 e. The number of halogens is 4. The first-order valence-corrected chi connectivity index (χ1v) is 8.52. The van der Waals surface area contributed by atoms with E-state index in [-0.39, 0.29) is 22.3 Å². The molecule has 2 aromatic carbocycles. The molecule has 0 aliphatic rings. The second-order valence-electron chi connectivity index (χ2n) is 5.73. The van der Waals surface area contributed by atoms with Gasteiger partial charge in [0.05, 0.1) is 28.3 Å². The maximum Gasteiger partial charge on any atom is 0.416 e. The third kappa shape index (κ3) is 4.69. The maximum absolute atomic E-state index is 13.0. The first-order chi connectivity index (χ1) is 14.2. The van der Waals surface area contributed by atoms with Gasteiger partial charge in [-0.05, 0) is 42.5 Å². The lowest BCUT2D eigenvalue weighted by molar-refractivity contribution is -0.385. The molecule has 0 spiro atoms. The molecule has 3 rings (SSSR count). The summed E-state index contributed by atoms with van der Waals surface area (Å²) >= 11 is 5.94. The summed E-state index contributed by atoms with van der Waals surface area (Å²) in [6.07, 6.45) is -3.66. The van der Waals surface area contributed by atoms with Crippen LogP contribution in [-0.2, 0) is 6.18 Å². The number of nitrogens with zero attached hydrogens (tertiary/aromatic N) is 3. The predicted octanol–water partition coefficient (Wildman–Crippen LogP) is 5.60. The molecule has 1 N–H and O–H groups in total. The van der Waals surface area contributed by atoms with E-state index < -0.39 is 28.2 Å². The molecule has 156 valence electrons. The van der Waals surface area contributed by atoms with Crippen molar-refractivity contribution in [2.75, 3.05) is 12.4 Å². The summed E-state index contributed by atoms with van der Waals surface area (Å²) in [5.41, 5.74) is -1.88. The average Bonchev–Trinajstić information content (AvgIpc) is 2.69. The fraction of sp³-hybridized carbons (Fsp3) is 0.111. The number of nitro groups is 1. The van der Waals surface area contributed by atoms with Crippen molar-refractivity contribution in [2.24, 2.45) is 0 Å². The van der Waals surface area contributed by atoms with Crippen LogP contribution in [0.3, 0.4) is 0 Å². The summed E-state index contributed by atoms with van der Waals surface area (Å²) in [7, 11) is 1.47. The maximum atomic E-state index is 13.0. The Morgan fingerprint density at radius 2 is 1.77 bits per heavy atom. The fourth-order valence-corrected chi connectivity index (χ4v) is 2.54. The Labute approximate surface area is 172 Å². The van der Waals surface area contributed by atoms with E-state index in [2.05, 4.69) is 15.3 Å². The Balaban J connectivity index is 1.98. The highest BCUT2D eigenvalue weighted by Crippen LogP contribution is 2.39. The first-order valence-electron chi connectivity index (χ1n) is 8.14. The molecule has 12 heteroatoms. The third-order valence-electron chi connectivity index (χ3n) is 3.79. The van der Waals surface area contributed by atoms with E-state index in [9.17, 15) is 23.3 Å². The minimum absolute atomic E-state index is 0.0893. The standard InChI is InChI=1S/C18H12ClF3N4O4/c1-29-11-3-5-12(6-4-11)30-17-15(26(27)28)16(23-9-24-17)25-14-8-10(18(20,21)22)2-7-13(14)19/h2-9H,1H3,(H,23,24,25). The van der Waals surface area contributed by atoms with Gasteiger partial charge in [-0.25, -0.2) is 4.98 Å². The number of nitrogens with one attached hydrogen (secondary N) is 1. The predicted molar refractivity (Wildman–Crippen MR) is 101 cm³/mol. The summed E-state index contributed by atoms with van der Waals surface area (Å²) < 4.78 is 49.4. The molecule has 0 aliphatic carbocycles. The van der Waals surface area contributed by atoms with E-state index in [1.165, 1.54) is 19.2 Å². The molecule has 0 atom stereocenters. The zero-order chi connectivity index (χ0) is 21.9.